The van der Waals surface area contributed by atoms with Crippen LogP contribution in [0.1, 0.15) is 10.4 Å². The average molecular weight is 281 g/mol. The summed E-state index contributed by atoms with van der Waals surface area (Å²) >= 11 is 0. The molecule has 0 aliphatic carbocycles. The lowest BCUT2D eigenvalue weighted by atomic mass is 10.0. The smallest absolute Gasteiger partial charge is 0.255 e. The first-order chi connectivity index (χ1) is 10.2. The van der Waals surface area contributed by atoms with Crippen molar-refractivity contribution in [3.05, 3.63) is 54.1 Å². The standard InChI is InChI=1S/C17H15NO3/c1-18-17(19)15-13-10-12(20-2)8-9-14(13)21-16(15)11-6-4-3-5-7-11/h3-10H,1-2H3,(H,18,19). The van der Waals surface area contributed by atoms with Crippen LogP contribution in [-0.4, -0.2) is 20.1 Å². The van der Waals surface area contributed by atoms with Crippen LogP contribution in [0.5, 0.6) is 5.75 Å². The molecule has 4 nitrogen and oxygen atoms in total. The minimum Gasteiger partial charge on any atom is -0.497 e. The third-order valence-corrected chi connectivity index (χ3v) is 3.39. The maximum Gasteiger partial charge on any atom is 0.255 e. The second-order valence-electron chi connectivity index (χ2n) is 4.61. The number of fused-ring (bicyclic) bond motifs is 1. The summed E-state index contributed by atoms with van der Waals surface area (Å²) in [6.45, 7) is 0. The monoisotopic (exact) mass is 281 g/mol. The van der Waals surface area contributed by atoms with Crippen LogP contribution >= 0.6 is 0 Å². The molecule has 0 bridgehead atoms. The van der Waals surface area contributed by atoms with Crippen molar-refractivity contribution in [2.45, 2.75) is 0 Å². The molecule has 0 aliphatic heterocycles. The van der Waals surface area contributed by atoms with E-state index in [9.17, 15) is 4.79 Å². The predicted molar refractivity (Wildman–Crippen MR) is 81.6 cm³/mol. The van der Waals surface area contributed by atoms with Gasteiger partial charge in [-0.25, -0.2) is 0 Å². The van der Waals surface area contributed by atoms with Crippen molar-refractivity contribution in [1.82, 2.24) is 5.32 Å². The van der Waals surface area contributed by atoms with Gasteiger partial charge in [0.1, 0.15) is 17.1 Å². The Labute approximate surface area is 122 Å². The third-order valence-electron chi connectivity index (χ3n) is 3.39. The van der Waals surface area contributed by atoms with Gasteiger partial charge in [0.05, 0.1) is 12.7 Å². The Bertz CT molecular complexity index is 790. The van der Waals surface area contributed by atoms with Gasteiger partial charge in [-0.05, 0) is 18.2 Å². The summed E-state index contributed by atoms with van der Waals surface area (Å²) < 4.78 is 11.1. The van der Waals surface area contributed by atoms with Gasteiger partial charge in [0.2, 0.25) is 0 Å². The van der Waals surface area contributed by atoms with Crippen LogP contribution in [-0.2, 0) is 0 Å². The lowest BCUT2D eigenvalue weighted by Gasteiger charge is -2.02. The van der Waals surface area contributed by atoms with Gasteiger partial charge < -0.3 is 14.5 Å². The van der Waals surface area contributed by atoms with Crippen molar-refractivity contribution >= 4 is 16.9 Å². The van der Waals surface area contributed by atoms with Crippen LogP contribution < -0.4 is 10.1 Å². The van der Waals surface area contributed by atoms with E-state index in [2.05, 4.69) is 5.32 Å². The predicted octanol–water partition coefficient (Wildman–Crippen LogP) is 3.47. The zero-order valence-corrected chi connectivity index (χ0v) is 11.8. The van der Waals surface area contributed by atoms with Crippen molar-refractivity contribution in [3.8, 4) is 17.1 Å². The number of benzene rings is 2. The van der Waals surface area contributed by atoms with Crippen molar-refractivity contribution in [2.75, 3.05) is 14.2 Å². The van der Waals surface area contributed by atoms with E-state index >= 15 is 0 Å². The Hall–Kier alpha value is -2.75. The van der Waals surface area contributed by atoms with E-state index in [0.717, 1.165) is 10.9 Å². The number of ether oxygens (including phenoxy) is 1. The molecule has 0 saturated heterocycles. The van der Waals surface area contributed by atoms with Gasteiger partial charge in [-0.2, -0.15) is 0 Å². The number of hydrogen-bond acceptors (Lipinski definition) is 3. The molecule has 106 valence electrons. The van der Waals surface area contributed by atoms with Crippen LogP contribution in [0.25, 0.3) is 22.3 Å². The number of hydrogen-bond donors (Lipinski definition) is 1. The Morgan fingerprint density at radius 3 is 2.57 bits per heavy atom. The van der Waals surface area contributed by atoms with Crippen LogP contribution in [0, 0.1) is 0 Å². The first kappa shape index (κ1) is 13.2. The van der Waals surface area contributed by atoms with Gasteiger partial charge in [-0.15, -0.1) is 0 Å². The summed E-state index contributed by atoms with van der Waals surface area (Å²) in [5, 5.41) is 3.41. The summed E-state index contributed by atoms with van der Waals surface area (Å²) in [5.74, 6) is 1.08. The summed E-state index contributed by atoms with van der Waals surface area (Å²) in [6, 6.07) is 15.0. The van der Waals surface area contributed by atoms with Crippen LogP contribution in [0.15, 0.2) is 52.9 Å². The largest absolute Gasteiger partial charge is 0.497 e. The molecule has 3 aromatic rings. The summed E-state index contributed by atoms with van der Waals surface area (Å²) in [5.41, 5.74) is 2.05. The molecule has 1 N–H and O–H groups in total. The Morgan fingerprint density at radius 2 is 1.90 bits per heavy atom. The Morgan fingerprint density at radius 1 is 1.14 bits per heavy atom. The third kappa shape index (κ3) is 2.25. The molecule has 0 radical (unpaired) electrons. The molecule has 21 heavy (non-hydrogen) atoms. The zero-order chi connectivity index (χ0) is 14.8. The zero-order valence-electron chi connectivity index (χ0n) is 11.8. The second kappa shape index (κ2) is 5.32. The molecule has 0 saturated carbocycles. The fourth-order valence-corrected chi connectivity index (χ4v) is 2.35. The van der Waals surface area contributed by atoms with Gasteiger partial charge >= 0.3 is 0 Å². The van der Waals surface area contributed by atoms with Gasteiger partial charge in [-0.1, -0.05) is 30.3 Å². The quantitative estimate of drug-likeness (QED) is 0.799. The van der Waals surface area contributed by atoms with Crippen LogP contribution in [0.4, 0.5) is 0 Å². The lowest BCUT2D eigenvalue weighted by molar-refractivity contribution is 0.0964. The normalized spacial score (nSPS) is 10.6. The molecule has 0 aliphatic rings. The molecule has 3 rings (SSSR count). The molecule has 0 atom stereocenters. The van der Waals surface area contributed by atoms with Gasteiger partial charge in [0, 0.05) is 18.0 Å². The number of amides is 1. The molecule has 1 amide bonds. The molecular weight excluding hydrogens is 266 g/mol. The molecule has 0 unspecified atom stereocenters. The first-order valence-corrected chi connectivity index (χ1v) is 6.62. The molecule has 2 aromatic carbocycles. The van der Waals surface area contributed by atoms with Crippen molar-refractivity contribution in [2.24, 2.45) is 0 Å². The summed E-state index contributed by atoms with van der Waals surface area (Å²) in [7, 11) is 3.20. The molecule has 1 aromatic heterocycles. The summed E-state index contributed by atoms with van der Waals surface area (Å²) in [6.07, 6.45) is 0. The van der Waals surface area contributed by atoms with E-state index in [0.29, 0.717) is 22.7 Å². The van der Waals surface area contributed by atoms with Crippen molar-refractivity contribution < 1.29 is 13.9 Å². The van der Waals surface area contributed by atoms with Gasteiger partial charge in [-0.3, -0.25) is 4.79 Å². The fourth-order valence-electron chi connectivity index (χ4n) is 2.35. The second-order valence-corrected chi connectivity index (χ2v) is 4.61. The highest BCUT2D eigenvalue weighted by Crippen LogP contribution is 2.35. The van der Waals surface area contributed by atoms with Crippen molar-refractivity contribution in [3.63, 3.8) is 0 Å². The summed E-state index contributed by atoms with van der Waals surface area (Å²) in [4.78, 5) is 12.3. The van der Waals surface area contributed by atoms with E-state index in [-0.39, 0.29) is 5.91 Å². The average Bonchev–Trinajstić information content (AvgIpc) is 2.93. The molecule has 0 fully saturated rings. The number of carbonyl (C=O) groups is 1. The Kier molecular flexibility index (Phi) is 3.36. The van der Waals surface area contributed by atoms with E-state index in [1.165, 1.54) is 0 Å². The maximum absolute atomic E-state index is 12.3. The number of methoxy groups -OCH3 is 1. The molecular formula is C17H15NO3. The Balaban J connectivity index is 2.31. The molecule has 4 heteroatoms. The van der Waals surface area contributed by atoms with Gasteiger partial charge in [0.15, 0.2) is 0 Å². The van der Waals surface area contributed by atoms with E-state index in [4.69, 9.17) is 9.15 Å². The number of carbonyl (C=O) groups excluding carboxylic acids is 1. The highest BCUT2D eigenvalue weighted by atomic mass is 16.5. The maximum atomic E-state index is 12.3. The van der Waals surface area contributed by atoms with Crippen LogP contribution in [0.3, 0.4) is 0 Å². The molecule has 1 heterocycles. The van der Waals surface area contributed by atoms with E-state index < -0.39 is 0 Å². The minimum absolute atomic E-state index is 0.180. The van der Waals surface area contributed by atoms with Crippen LogP contribution in [0.2, 0.25) is 0 Å². The lowest BCUT2D eigenvalue weighted by Crippen LogP contribution is -2.18. The first-order valence-electron chi connectivity index (χ1n) is 6.62. The van der Waals surface area contributed by atoms with E-state index in [1.54, 1.807) is 14.2 Å². The fraction of sp³-hybridized carbons (Fsp3) is 0.118. The number of rotatable bonds is 3. The highest BCUT2D eigenvalue weighted by molar-refractivity contribution is 6.11. The number of nitrogens with one attached hydrogen (secondary N) is 1. The molecule has 0 spiro atoms. The van der Waals surface area contributed by atoms with Crippen molar-refractivity contribution in [1.29, 1.82) is 0 Å². The minimum atomic E-state index is -0.180. The SMILES string of the molecule is CNC(=O)c1c(-c2ccccc2)oc2ccc(OC)cc12. The topological polar surface area (TPSA) is 51.5 Å². The van der Waals surface area contributed by atoms with E-state index in [1.807, 2.05) is 48.5 Å². The number of furan rings is 1. The van der Waals surface area contributed by atoms with Gasteiger partial charge in [0.25, 0.3) is 5.91 Å². The highest BCUT2D eigenvalue weighted by Gasteiger charge is 2.21.